The molecule has 36 heavy (non-hydrogen) atoms. The molecule has 3 aromatic rings. The molecule has 5 rings (SSSR count). The lowest BCUT2D eigenvalue weighted by atomic mass is 9.99. The summed E-state index contributed by atoms with van der Waals surface area (Å²) in [6.45, 7) is 5.99. The van der Waals surface area contributed by atoms with E-state index in [2.05, 4.69) is 9.71 Å². The summed E-state index contributed by atoms with van der Waals surface area (Å²) in [7, 11) is -3.90. The van der Waals surface area contributed by atoms with Crippen LogP contribution in [0.3, 0.4) is 0 Å². The van der Waals surface area contributed by atoms with Crippen LogP contribution < -0.4 is 4.72 Å². The van der Waals surface area contributed by atoms with Crippen LogP contribution in [0.1, 0.15) is 37.6 Å². The van der Waals surface area contributed by atoms with Gasteiger partial charge in [0.05, 0.1) is 33.2 Å². The second-order valence-electron chi connectivity index (χ2n) is 9.74. The number of fused-ring (bicyclic) bond motifs is 5. The number of anilines is 1. The number of sulfonamides is 1. The average molecular weight is 530 g/mol. The zero-order chi connectivity index (χ0) is 25.8. The van der Waals surface area contributed by atoms with Gasteiger partial charge in [-0.05, 0) is 57.2 Å². The number of hydrogen-bond acceptors (Lipinski definition) is 7. The van der Waals surface area contributed by atoms with Crippen LogP contribution in [0.4, 0.5) is 10.5 Å². The number of benzene rings is 2. The first kappa shape index (κ1) is 24.3. The molecule has 3 heterocycles. The molecule has 0 radical (unpaired) electrons. The van der Waals surface area contributed by atoms with E-state index in [0.29, 0.717) is 45.7 Å². The normalized spacial score (nSPS) is 18.2. The van der Waals surface area contributed by atoms with Gasteiger partial charge >= 0.3 is 12.1 Å². The van der Waals surface area contributed by atoms with E-state index in [0.717, 1.165) is 0 Å². The monoisotopic (exact) mass is 529 g/mol. The lowest BCUT2D eigenvalue weighted by Crippen LogP contribution is -2.36. The van der Waals surface area contributed by atoms with Gasteiger partial charge < -0.3 is 14.4 Å². The molecule has 2 aromatic carbocycles. The molecule has 2 aliphatic rings. The Morgan fingerprint density at radius 1 is 1.17 bits per heavy atom. The van der Waals surface area contributed by atoms with Crippen molar-refractivity contribution in [3.8, 4) is 11.1 Å². The van der Waals surface area contributed by atoms with Gasteiger partial charge in [-0.15, -0.1) is 0 Å². The van der Waals surface area contributed by atoms with Gasteiger partial charge in [-0.25, -0.2) is 18.0 Å². The van der Waals surface area contributed by atoms with Gasteiger partial charge in [0, 0.05) is 35.7 Å². The van der Waals surface area contributed by atoms with Gasteiger partial charge in [0.15, 0.2) is 0 Å². The van der Waals surface area contributed by atoms with Gasteiger partial charge in [-0.1, -0.05) is 11.6 Å². The minimum atomic E-state index is -3.90. The Morgan fingerprint density at radius 3 is 2.69 bits per heavy atom. The second-order valence-corrected chi connectivity index (χ2v) is 11.8. The van der Waals surface area contributed by atoms with E-state index in [4.69, 9.17) is 21.1 Å². The minimum Gasteiger partial charge on any atom is -0.457 e. The molecule has 11 heteroatoms. The molecule has 188 valence electrons. The number of rotatable bonds is 2. The smallest absolute Gasteiger partial charge is 0.410 e. The Labute approximate surface area is 213 Å². The number of hydrogen-bond donors (Lipinski definition) is 1. The van der Waals surface area contributed by atoms with Crippen LogP contribution >= 0.6 is 11.6 Å². The van der Waals surface area contributed by atoms with E-state index in [9.17, 15) is 18.0 Å². The number of nitrogens with one attached hydrogen (secondary N) is 1. The highest BCUT2D eigenvalue weighted by molar-refractivity contribution is 7.93. The topological polar surface area (TPSA) is 115 Å². The maximum absolute atomic E-state index is 13.0. The molecular formula is C25H24ClN3O6S. The fraction of sp³-hybridized carbons (Fsp3) is 0.320. The second kappa shape index (κ2) is 8.63. The van der Waals surface area contributed by atoms with Gasteiger partial charge in [-0.2, -0.15) is 0 Å². The van der Waals surface area contributed by atoms with Crippen LogP contribution in [0.5, 0.6) is 0 Å². The Kier molecular flexibility index (Phi) is 5.83. The maximum Gasteiger partial charge on any atom is 0.410 e. The number of amides is 1. The summed E-state index contributed by atoms with van der Waals surface area (Å²) in [4.78, 5) is 31.1. The van der Waals surface area contributed by atoms with Crippen molar-refractivity contribution in [1.29, 1.82) is 0 Å². The molecule has 9 nitrogen and oxygen atoms in total. The number of ether oxygens (including phenoxy) is 2. The summed E-state index contributed by atoms with van der Waals surface area (Å²) in [6, 6.07) is 9.40. The van der Waals surface area contributed by atoms with E-state index in [-0.39, 0.29) is 17.0 Å². The number of aromatic nitrogens is 1. The van der Waals surface area contributed by atoms with Crippen LogP contribution in [0, 0.1) is 0 Å². The summed E-state index contributed by atoms with van der Waals surface area (Å²) < 4.78 is 39.6. The molecule has 0 spiro atoms. The highest BCUT2D eigenvalue weighted by Gasteiger charge is 2.34. The fourth-order valence-electron chi connectivity index (χ4n) is 4.34. The van der Waals surface area contributed by atoms with Crippen molar-refractivity contribution in [2.75, 3.05) is 17.8 Å². The van der Waals surface area contributed by atoms with Gasteiger partial charge in [-0.3, -0.25) is 9.71 Å². The molecule has 1 unspecified atom stereocenters. The third-order valence-electron chi connectivity index (χ3n) is 5.94. The average Bonchev–Trinajstić information content (AvgIpc) is 3.27. The van der Waals surface area contributed by atoms with Crippen LogP contribution in [0.2, 0.25) is 5.02 Å². The van der Waals surface area contributed by atoms with E-state index in [1.165, 1.54) is 23.1 Å². The van der Waals surface area contributed by atoms with Crippen molar-refractivity contribution in [3.05, 3.63) is 53.2 Å². The van der Waals surface area contributed by atoms with Crippen molar-refractivity contribution in [2.24, 2.45) is 0 Å². The van der Waals surface area contributed by atoms with Crippen LogP contribution in [0.25, 0.3) is 22.0 Å². The van der Waals surface area contributed by atoms with Crippen molar-refractivity contribution >= 4 is 50.3 Å². The lowest BCUT2D eigenvalue weighted by molar-refractivity contribution is 0.0191. The third kappa shape index (κ3) is 4.46. The fourth-order valence-corrected chi connectivity index (χ4v) is 5.90. The quantitative estimate of drug-likeness (QED) is 0.472. The number of likely N-dealkylation sites (tertiary alicyclic amines) is 1. The van der Waals surface area contributed by atoms with Crippen LogP contribution in [-0.4, -0.2) is 55.2 Å². The van der Waals surface area contributed by atoms with E-state index in [1.807, 2.05) is 0 Å². The number of pyridine rings is 1. The zero-order valence-corrected chi connectivity index (χ0v) is 21.4. The standard InChI is InChI=1S/C25H24ClN3O6S/c1-25(2,3)35-24(31)29-10-8-15(13-29)34-23(30)14-6-7-20-17(11-14)18-12-19(26)16-5-4-9-27-21(16)22(18)28-36(20,32)33/h4-7,9,11-12,15,28H,8,10,13H2,1-3H3. The summed E-state index contributed by atoms with van der Waals surface area (Å²) >= 11 is 6.48. The number of halogens is 1. The number of esters is 1. The molecule has 0 bridgehead atoms. The van der Waals surface area contributed by atoms with Crippen LogP contribution in [0.15, 0.2) is 47.5 Å². The summed E-state index contributed by atoms with van der Waals surface area (Å²) in [5, 5.41) is 1.01. The Balaban J connectivity index is 1.43. The van der Waals surface area contributed by atoms with Gasteiger partial charge in [0.1, 0.15) is 11.7 Å². The molecule has 2 aliphatic heterocycles. The van der Waals surface area contributed by atoms with E-state index in [1.54, 1.807) is 45.2 Å². The minimum absolute atomic E-state index is 0.0230. The number of nitrogens with zero attached hydrogens (tertiary/aromatic N) is 2. The lowest BCUT2D eigenvalue weighted by Gasteiger charge is -2.24. The molecule has 1 N–H and O–H groups in total. The summed E-state index contributed by atoms with van der Waals surface area (Å²) in [5.74, 6) is -0.615. The van der Waals surface area contributed by atoms with Gasteiger partial charge in [0.25, 0.3) is 10.0 Å². The summed E-state index contributed by atoms with van der Waals surface area (Å²) in [5.41, 5.74) is 1.12. The van der Waals surface area contributed by atoms with E-state index >= 15 is 0 Å². The first-order valence-electron chi connectivity index (χ1n) is 11.4. The number of carbonyl (C=O) groups is 2. The first-order chi connectivity index (χ1) is 16.9. The van der Waals surface area contributed by atoms with Crippen LogP contribution in [-0.2, 0) is 19.5 Å². The molecule has 0 saturated carbocycles. The van der Waals surface area contributed by atoms with Crippen molar-refractivity contribution in [1.82, 2.24) is 9.88 Å². The first-order valence-corrected chi connectivity index (χ1v) is 13.2. The highest BCUT2D eigenvalue weighted by Crippen LogP contribution is 2.45. The molecule has 1 amide bonds. The summed E-state index contributed by atoms with van der Waals surface area (Å²) in [6.07, 6.45) is 1.08. The maximum atomic E-state index is 13.0. The molecule has 1 aromatic heterocycles. The molecular weight excluding hydrogens is 506 g/mol. The highest BCUT2D eigenvalue weighted by atomic mass is 35.5. The van der Waals surface area contributed by atoms with Crippen molar-refractivity contribution < 1.29 is 27.5 Å². The Hall–Kier alpha value is -3.37. The molecule has 0 aliphatic carbocycles. The zero-order valence-electron chi connectivity index (χ0n) is 19.9. The Bertz CT molecular complexity index is 1520. The van der Waals surface area contributed by atoms with Crippen molar-refractivity contribution in [3.63, 3.8) is 0 Å². The number of carbonyl (C=O) groups excluding carboxylic acids is 2. The van der Waals surface area contributed by atoms with Crippen molar-refractivity contribution in [2.45, 2.75) is 43.8 Å². The predicted molar refractivity (Wildman–Crippen MR) is 135 cm³/mol. The largest absolute Gasteiger partial charge is 0.457 e. The molecule has 1 atom stereocenters. The Morgan fingerprint density at radius 2 is 1.94 bits per heavy atom. The molecule has 1 fully saturated rings. The predicted octanol–water partition coefficient (Wildman–Crippen LogP) is 4.84. The van der Waals surface area contributed by atoms with E-state index < -0.39 is 33.8 Å². The SMILES string of the molecule is CC(C)(C)OC(=O)N1CCC(OC(=O)c2ccc3c(c2)-c2cc(Cl)c4cccnc4c2NS3(=O)=O)C1. The van der Waals surface area contributed by atoms with Gasteiger partial charge in [0.2, 0.25) is 0 Å². The molecule has 1 saturated heterocycles. The third-order valence-corrected chi connectivity index (χ3v) is 7.66.